The van der Waals surface area contributed by atoms with Gasteiger partial charge in [-0.15, -0.1) is 0 Å². The summed E-state index contributed by atoms with van der Waals surface area (Å²) in [6.07, 6.45) is -2.30. The Morgan fingerprint density at radius 1 is 1.39 bits per heavy atom. The van der Waals surface area contributed by atoms with Crippen LogP contribution in [-0.4, -0.2) is 29.1 Å². The van der Waals surface area contributed by atoms with E-state index in [1.54, 1.807) is 0 Å². The molecule has 0 aliphatic carbocycles. The molecule has 5 nitrogen and oxygen atoms in total. The minimum atomic E-state index is -3.23. The molecule has 0 aliphatic rings. The van der Waals surface area contributed by atoms with Gasteiger partial charge in [-0.25, -0.2) is 9.18 Å². The van der Waals surface area contributed by atoms with E-state index >= 15 is 0 Å². The van der Waals surface area contributed by atoms with Gasteiger partial charge in [0, 0.05) is 5.56 Å². The van der Waals surface area contributed by atoms with Crippen molar-refractivity contribution in [2.24, 2.45) is 0 Å². The number of benzene rings is 1. The molecule has 8 heteroatoms. The molecular formula is C10H7F3O5. The van der Waals surface area contributed by atoms with Crippen molar-refractivity contribution in [2.45, 2.75) is 12.7 Å². The fourth-order valence-electron chi connectivity index (χ4n) is 1.23. The van der Waals surface area contributed by atoms with Crippen molar-refractivity contribution in [1.82, 2.24) is 0 Å². The zero-order valence-corrected chi connectivity index (χ0v) is 8.64. The van der Waals surface area contributed by atoms with Gasteiger partial charge >= 0.3 is 12.6 Å². The van der Waals surface area contributed by atoms with Crippen molar-refractivity contribution in [2.75, 3.05) is 0 Å². The smallest absolute Gasteiger partial charge is 0.387 e. The highest BCUT2D eigenvalue weighted by atomic mass is 19.3. The Kier molecular flexibility index (Phi) is 4.27. The molecule has 18 heavy (non-hydrogen) atoms. The number of carboxylic acid groups (broad SMARTS) is 1. The number of aliphatic hydroxyl groups is 1. The molecule has 98 valence electrons. The summed E-state index contributed by atoms with van der Waals surface area (Å²) >= 11 is 0. The van der Waals surface area contributed by atoms with E-state index in [9.17, 15) is 22.8 Å². The summed E-state index contributed by atoms with van der Waals surface area (Å²) in [4.78, 5) is 21.0. The zero-order chi connectivity index (χ0) is 13.9. The lowest BCUT2D eigenvalue weighted by Crippen LogP contribution is -2.14. The summed E-state index contributed by atoms with van der Waals surface area (Å²) in [6, 6.07) is 1.26. The maximum atomic E-state index is 13.5. The first kappa shape index (κ1) is 14.0. The van der Waals surface area contributed by atoms with Gasteiger partial charge in [-0.3, -0.25) is 4.79 Å². The SMILES string of the molecule is O=Cc1cc(OC(F)F)cc(C(O)C(=O)O)c1F. The monoisotopic (exact) mass is 264 g/mol. The van der Waals surface area contributed by atoms with E-state index in [-0.39, 0.29) is 6.29 Å². The van der Waals surface area contributed by atoms with E-state index in [1.807, 2.05) is 0 Å². The molecule has 0 fully saturated rings. The number of alkyl halides is 2. The topological polar surface area (TPSA) is 83.8 Å². The van der Waals surface area contributed by atoms with Gasteiger partial charge in [0.15, 0.2) is 12.4 Å². The summed E-state index contributed by atoms with van der Waals surface area (Å²) in [5.74, 6) is -3.72. The maximum absolute atomic E-state index is 13.5. The van der Waals surface area contributed by atoms with Crippen LogP contribution in [0.3, 0.4) is 0 Å². The molecule has 0 aliphatic heterocycles. The molecule has 1 aromatic carbocycles. The number of hydrogen-bond donors (Lipinski definition) is 2. The van der Waals surface area contributed by atoms with Gasteiger partial charge in [-0.05, 0) is 12.1 Å². The number of ether oxygens (including phenoxy) is 1. The fourth-order valence-corrected chi connectivity index (χ4v) is 1.23. The molecule has 1 unspecified atom stereocenters. The second kappa shape index (κ2) is 5.50. The van der Waals surface area contributed by atoms with Crippen molar-refractivity contribution >= 4 is 12.3 Å². The van der Waals surface area contributed by atoms with Crippen LogP contribution in [-0.2, 0) is 4.79 Å². The second-order valence-corrected chi connectivity index (χ2v) is 3.15. The van der Waals surface area contributed by atoms with E-state index in [0.717, 1.165) is 0 Å². The Morgan fingerprint density at radius 2 is 2.00 bits per heavy atom. The third kappa shape index (κ3) is 2.98. The van der Waals surface area contributed by atoms with Crippen LogP contribution in [0.15, 0.2) is 12.1 Å². The van der Waals surface area contributed by atoms with Crippen LogP contribution in [0.1, 0.15) is 22.0 Å². The number of carbonyl (C=O) groups is 2. The van der Waals surface area contributed by atoms with Gasteiger partial charge in [0.1, 0.15) is 11.6 Å². The number of hydrogen-bond acceptors (Lipinski definition) is 4. The first-order chi connectivity index (χ1) is 8.36. The summed E-state index contributed by atoms with van der Waals surface area (Å²) in [5, 5.41) is 17.7. The lowest BCUT2D eigenvalue weighted by atomic mass is 10.0. The highest BCUT2D eigenvalue weighted by Gasteiger charge is 2.24. The van der Waals surface area contributed by atoms with E-state index in [2.05, 4.69) is 4.74 Å². The van der Waals surface area contributed by atoms with Crippen molar-refractivity contribution in [1.29, 1.82) is 0 Å². The average molecular weight is 264 g/mol. The molecule has 0 radical (unpaired) electrons. The minimum absolute atomic E-state index is 0.00820. The first-order valence-corrected chi connectivity index (χ1v) is 4.51. The van der Waals surface area contributed by atoms with Crippen LogP contribution in [0.2, 0.25) is 0 Å². The predicted molar refractivity (Wildman–Crippen MR) is 51.0 cm³/mol. The Hall–Kier alpha value is -2.09. The zero-order valence-electron chi connectivity index (χ0n) is 8.64. The third-order valence-electron chi connectivity index (χ3n) is 1.98. The van der Waals surface area contributed by atoms with Crippen molar-refractivity contribution in [3.8, 4) is 5.75 Å². The highest BCUT2D eigenvalue weighted by Crippen LogP contribution is 2.26. The number of rotatable bonds is 5. The Bertz CT molecular complexity index is 475. The van der Waals surface area contributed by atoms with E-state index in [1.165, 1.54) is 0 Å². The van der Waals surface area contributed by atoms with Crippen LogP contribution in [0.5, 0.6) is 5.75 Å². The lowest BCUT2D eigenvalue weighted by Gasteiger charge is -2.12. The Balaban J connectivity index is 3.31. The largest absolute Gasteiger partial charge is 0.479 e. The molecule has 0 amide bonds. The fraction of sp³-hybridized carbons (Fsp3) is 0.200. The molecular weight excluding hydrogens is 257 g/mol. The van der Waals surface area contributed by atoms with E-state index in [4.69, 9.17) is 10.2 Å². The van der Waals surface area contributed by atoms with Gasteiger partial charge < -0.3 is 14.9 Å². The van der Waals surface area contributed by atoms with Crippen LogP contribution < -0.4 is 4.74 Å². The predicted octanol–water partition coefficient (Wildman–Crippen LogP) is 1.36. The molecule has 1 aromatic rings. The maximum Gasteiger partial charge on any atom is 0.387 e. The number of aldehydes is 1. The molecule has 0 spiro atoms. The van der Waals surface area contributed by atoms with E-state index in [0.29, 0.717) is 12.1 Å². The minimum Gasteiger partial charge on any atom is -0.479 e. The average Bonchev–Trinajstić information content (AvgIpc) is 2.29. The number of carboxylic acids is 1. The normalized spacial score (nSPS) is 12.3. The Labute approximate surface area is 98.4 Å². The molecule has 0 aromatic heterocycles. The van der Waals surface area contributed by atoms with E-state index < -0.39 is 41.4 Å². The van der Waals surface area contributed by atoms with Crippen molar-refractivity contribution in [3.05, 3.63) is 29.1 Å². The third-order valence-corrected chi connectivity index (χ3v) is 1.98. The molecule has 2 N–H and O–H groups in total. The summed E-state index contributed by atoms with van der Waals surface area (Å²) in [5.41, 5.74) is -1.52. The quantitative estimate of drug-likeness (QED) is 0.784. The van der Waals surface area contributed by atoms with Gasteiger partial charge in [0.05, 0.1) is 5.56 Å². The number of halogens is 3. The van der Waals surface area contributed by atoms with Crippen molar-refractivity contribution < 1.29 is 37.7 Å². The van der Waals surface area contributed by atoms with Crippen LogP contribution in [0.25, 0.3) is 0 Å². The highest BCUT2D eigenvalue weighted by molar-refractivity contribution is 5.79. The summed E-state index contributed by atoms with van der Waals surface area (Å²) in [6.45, 7) is -3.23. The van der Waals surface area contributed by atoms with Gasteiger partial charge in [0.2, 0.25) is 0 Å². The molecule has 0 saturated carbocycles. The summed E-state index contributed by atoms with van der Waals surface area (Å²) < 4.78 is 41.4. The number of aliphatic carboxylic acids is 1. The first-order valence-electron chi connectivity index (χ1n) is 4.51. The van der Waals surface area contributed by atoms with Gasteiger partial charge in [0.25, 0.3) is 0 Å². The molecule has 0 bridgehead atoms. The standard InChI is InChI=1S/C10H7F3O5/c11-7-4(3-14)1-5(18-10(12)13)2-6(7)8(15)9(16)17/h1-3,8,10,15H,(H,16,17). The molecule has 0 heterocycles. The van der Waals surface area contributed by atoms with Gasteiger partial charge in [-0.1, -0.05) is 0 Å². The summed E-state index contributed by atoms with van der Waals surface area (Å²) in [7, 11) is 0. The van der Waals surface area contributed by atoms with Crippen LogP contribution in [0, 0.1) is 5.82 Å². The van der Waals surface area contributed by atoms with Gasteiger partial charge in [-0.2, -0.15) is 8.78 Å². The molecule has 1 atom stereocenters. The molecule has 0 saturated heterocycles. The Morgan fingerprint density at radius 3 is 2.44 bits per heavy atom. The van der Waals surface area contributed by atoms with Crippen molar-refractivity contribution in [3.63, 3.8) is 0 Å². The second-order valence-electron chi connectivity index (χ2n) is 3.15. The molecule has 1 rings (SSSR count). The number of aliphatic hydroxyl groups excluding tert-OH is 1. The lowest BCUT2D eigenvalue weighted by molar-refractivity contribution is -0.147. The number of carbonyl (C=O) groups excluding carboxylic acids is 1. The van der Waals surface area contributed by atoms with Crippen LogP contribution >= 0.6 is 0 Å². The van der Waals surface area contributed by atoms with Crippen LogP contribution in [0.4, 0.5) is 13.2 Å².